The lowest BCUT2D eigenvalue weighted by molar-refractivity contribution is 0.175. The third kappa shape index (κ3) is 5.21. The Balaban J connectivity index is 2.15. The maximum Gasteiger partial charge on any atom is 0.317 e. The second kappa shape index (κ2) is 9.44. The molecule has 1 aromatic carbocycles. The molecule has 2 amide bonds. The molecule has 4 nitrogen and oxygen atoms in total. The number of urea groups is 1. The van der Waals surface area contributed by atoms with Gasteiger partial charge in [0.1, 0.15) is 5.82 Å². The van der Waals surface area contributed by atoms with Gasteiger partial charge in [-0.3, -0.25) is 0 Å². The van der Waals surface area contributed by atoms with Crippen LogP contribution >= 0.6 is 0 Å². The van der Waals surface area contributed by atoms with Crippen LogP contribution in [0.3, 0.4) is 0 Å². The van der Waals surface area contributed by atoms with Gasteiger partial charge in [0.15, 0.2) is 0 Å². The number of anilines is 1. The normalized spacial score (nSPS) is 19.3. The summed E-state index contributed by atoms with van der Waals surface area (Å²) in [4.78, 5) is 16.5. The van der Waals surface area contributed by atoms with E-state index in [-0.39, 0.29) is 17.9 Å². The molecule has 1 N–H and O–H groups in total. The predicted molar refractivity (Wildman–Crippen MR) is 101 cm³/mol. The first-order valence-corrected chi connectivity index (χ1v) is 9.23. The number of rotatable bonds is 6. The minimum absolute atomic E-state index is 0.00640. The zero-order valence-electron chi connectivity index (χ0n) is 15.5. The molecule has 2 rings (SSSR count). The fourth-order valence-corrected chi connectivity index (χ4v) is 3.42. The van der Waals surface area contributed by atoms with E-state index in [2.05, 4.69) is 29.3 Å². The summed E-state index contributed by atoms with van der Waals surface area (Å²) in [5.74, 6) is 0.209. The topological polar surface area (TPSA) is 35.6 Å². The van der Waals surface area contributed by atoms with Crippen molar-refractivity contribution in [2.45, 2.75) is 39.7 Å². The van der Waals surface area contributed by atoms with Crippen molar-refractivity contribution in [2.75, 3.05) is 31.1 Å². The maximum atomic E-state index is 13.3. The van der Waals surface area contributed by atoms with Crippen molar-refractivity contribution in [2.24, 2.45) is 5.92 Å². The lowest BCUT2D eigenvalue weighted by atomic mass is 9.92. The summed E-state index contributed by atoms with van der Waals surface area (Å²) >= 11 is 0. The molecule has 1 aliphatic heterocycles. The second-order valence-electron chi connectivity index (χ2n) is 6.64. The number of hydrogen-bond acceptors (Lipinski definition) is 2. The number of carbonyl (C=O) groups is 1. The van der Waals surface area contributed by atoms with Crippen molar-refractivity contribution >= 4 is 11.7 Å². The third-order valence-electron chi connectivity index (χ3n) is 4.87. The molecule has 1 fully saturated rings. The van der Waals surface area contributed by atoms with Crippen molar-refractivity contribution in [1.82, 2.24) is 10.2 Å². The number of halogens is 1. The van der Waals surface area contributed by atoms with Gasteiger partial charge in [-0.05, 0) is 56.9 Å². The van der Waals surface area contributed by atoms with Crippen molar-refractivity contribution in [3.63, 3.8) is 0 Å². The van der Waals surface area contributed by atoms with Gasteiger partial charge in [-0.25, -0.2) is 9.18 Å². The lowest BCUT2D eigenvalue weighted by Crippen LogP contribution is -2.58. The molecule has 0 radical (unpaired) electrons. The Morgan fingerprint density at radius 2 is 2.08 bits per heavy atom. The Bertz CT molecular complexity index is 573. The minimum Gasteiger partial charge on any atom is -0.365 e. The van der Waals surface area contributed by atoms with Gasteiger partial charge < -0.3 is 15.1 Å². The number of nitrogens with zero attached hydrogens (tertiary/aromatic N) is 2. The van der Waals surface area contributed by atoms with Gasteiger partial charge in [0, 0.05) is 37.9 Å². The molecule has 1 aliphatic rings. The number of hydrogen-bond donors (Lipinski definition) is 1. The molecular weight excluding hydrogens is 317 g/mol. The van der Waals surface area contributed by atoms with E-state index in [4.69, 9.17) is 0 Å². The Labute approximate surface area is 150 Å². The van der Waals surface area contributed by atoms with Gasteiger partial charge >= 0.3 is 6.03 Å². The molecule has 1 aromatic rings. The number of carbonyl (C=O) groups excluding carboxylic acids is 1. The van der Waals surface area contributed by atoms with Crippen molar-refractivity contribution in [3.8, 4) is 0 Å². The smallest absolute Gasteiger partial charge is 0.317 e. The number of allylic oxidation sites excluding steroid dienone is 2. The fraction of sp³-hybridized carbons (Fsp3) is 0.550. The van der Waals surface area contributed by atoms with Crippen LogP contribution in [0.15, 0.2) is 36.4 Å². The molecule has 5 heteroatoms. The van der Waals surface area contributed by atoms with Crippen LogP contribution in [0.2, 0.25) is 0 Å². The summed E-state index contributed by atoms with van der Waals surface area (Å²) in [6.07, 6.45) is 6.36. The van der Waals surface area contributed by atoms with Crippen LogP contribution in [-0.4, -0.2) is 43.2 Å². The van der Waals surface area contributed by atoms with Crippen LogP contribution in [0.5, 0.6) is 0 Å². The number of benzene rings is 1. The fourth-order valence-electron chi connectivity index (χ4n) is 3.42. The molecule has 138 valence electrons. The SMILES string of the molecule is C/C=C/CCC(C)C1CN(C(=O)NCC)CCN1c1ccc(F)cc1. The Hall–Kier alpha value is -2.04. The van der Waals surface area contributed by atoms with E-state index in [1.807, 2.05) is 30.9 Å². The summed E-state index contributed by atoms with van der Waals surface area (Å²) in [7, 11) is 0. The van der Waals surface area contributed by atoms with Crippen LogP contribution in [-0.2, 0) is 0 Å². The van der Waals surface area contributed by atoms with E-state index in [0.29, 0.717) is 25.6 Å². The third-order valence-corrected chi connectivity index (χ3v) is 4.87. The number of piperazine rings is 1. The van der Waals surface area contributed by atoms with Crippen LogP contribution < -0.4 is 10.2 Å². The molecule has 2 atom stereocenters. The molecule has 2 unspecified atom stereocenters. The van der Waals surface area contributed by atoms with Gasteiger partial charge in [-0.15, -0.1) is 0 Å². The predicted octanol–water partition coefficient (Wildman–Crippen LogP) is 4.04. The summed E-state index contributed by atoms with van der Waals surface area (Å²) in [5, 5.41) is 2.90. The van der Waals surface area contributed by atoms with E-state index in [0.717, 1.165) is 25.1 Å². The molecular formula is C20H30FN3O. The van der Waals surface area contributed by atoms with Gasteiger partial charge in [-0.2, -0.15) is 0 Å². The maximum absolute atomic E-state index is 13.3. The van der Waals surface area contributed by atoms with Crippen LogP contribution in [0, 0.1) is 11.7 Å². The molecule has 25 heavy (non-hydrogen) atoms. The van der Waals surface area contributed by atoms with E-state index < -0.39 is 0 Å². The van der Waals surface area contributed by atoms with Gasteiger partial charge in [0.05, 0.1) is 0 Å². The zero-order chi connectivity index (χ0) is 18.2. The molecule has 1 heterocycles. The van der Waals surface area contributed by atoms with E-state index in [1.54, 1.807) is 0 Å². The Morgan fingerprint density at radius 1 is 1.36 bits per heavy atom. The lowest BCUT2D eigenvalue weighted by Gasteiger charge is -2.45. The van der Waals surface area contributed by atoms with Gasteiger partial charge in [0.25, 0.3) is 0 Å². The molecule has 0 saturated carbocycles. The highest BCUT2D eigenvalue weighted by Gasteiger charge is 2.32. The van der Waals surface area contributed by atoms with Gasteiger partial charge in [-0.1, -0.05) is 19.1 Å². The Morgan fingerprint density at radius 3 is 2.72 bits per heavy atom. The average molecular weight is 347 g/mol. The summed E-state index contributed by atoms with van der Waals surface area (Å²) in [6.45, 7) is 8.99. The second-order valence-corrected chi connectivity index (χ2v) is 6.64. The highest BCUT2D eigenvalue weighted by molar-refractivity contribution is 5.74. The van der Waals surface area contributed by atoms with Crippen LogP contribution in [0.1, 0.15) is 33.6 Å². The first-order valence-electron chi connectivity index (χ1n) is 9.23. The molecule has 0 aliphatic carbocycles. The molecule has 1 saturated heterocycles. The number of nitrogens with one attached hydrogen (secondary N) is 1. The standard InChI is InChI=1S/C20H30FN3O/c1-4-6-7-8-16(3)19-15-23(20(25)22-5-2)13-14-24(19)18-11-9-17(21)10-12-18/h4,6,9-12,16,19H,5,7-8,13-15H2,1-3H3,(H,22,25)/b6-4+. The van der Waals surface area contributed by atoms with Crippen molar-refractivity contribution in [1.29, 1.82) is 0 Å². The molecule has 0 spiro atoms. The quantitative estimate of drug-likeness (QED) is 0.789. The molecule has 0 aromatic heterocycles. The highest BCUT2D eigenvalue weighted by Crippen LogP contribution is 2.27. The minimum atomic E-state index is -0.220. The zero-order valence-corrected chi connectivity index (χ0v) is 15.5. The largest absolute Gasteiger partial charge is 0.365 e. The summed E-state index contributed by atoms with van der Waals surface area (Å²) in [6, 6.07) is 6.92. The first-order chi connectivity index (χ1) is 12.1. The Kier molecular flexibility index (Phi) is 7.29. The highest BCUT2D eigenvalue weighted by atomic mass is 19.1. The number of amides is 2. The van der Waals surface area contributed by atoms with Crippen LogP contribution in [0.4, 0.5) is 14.9 Å². The summed E-state index contributed by atoms with van der Waals surface area (Å²) in [5.41, 5.74) is 1.03. The monoisotopic (exact) mass is 347 g/mol. The van der Waals surface area contributed by atoms with Crippen molar-refractivity contribution < 1.29 is 9.18 Å². The van der Waals surface area contributed by atoms with Gasteiger partial charge in [0.2, 0.25) is 0 Å². The average Bonchev–Trinajstić information content (AvgIpc) is 2.62. The van der Waals surface area contributed by atoms with E-state index >= 15 is 0 Å². The summed E-state index contributed by atoms with van der Waals surface area (Å²) < 4.78 is 13.3. The van der Waals surface area contributed by atoms with E-state index in [9.17, 15) is 9.18 Å². The first kappa shape index (κ1) is 19.3. The van der Waals surface area contributed by atoms with E-state index in [1.165, 1.54) is 12.1 Å². The van der Waals surface area contributed by atoms with Crippen LogP contribution in [0.25, 0.3) is 0 Å². The molecule has 0 bridgehead atoms. The van der Waals surface area contributed by atoms with Crippen molar-refractivity contribution in [3.05, 3.63) is 42.2 Å².